The maximum atomic E-state index is 12.1. The molecule has 0 aliphatic heterocycles. The number of hydrogen-bond acceptors (Lipinski definition) is 4. The molecule has 0 aromatic heterocycles. The van der Waals surface area contributed by atoms with Crippen LogP contribution in [0.2, 0.25) is 5.02 Å². The second-order valence-corrected chi connectivity index (χ2v) is 5.06. The minimum Gasteiger partial charge on any atom is -0.465 e. The van der Waals surface area contributed by atoms with Crippen molar-refractivity contribution in [3.63, 3.8) is 0 Å². The van der Waals surface area contributed by atoms with Crippen LogP contribution in [0.3, 0.4) is 0 Å². The molecule has 1 aromatic rings. The zero-order valence-corrected chi connectivity index (χ0v) is 11.3. The van der Waals surface area contributed by atoms with E-state index in [0.717, 1.165) is 12.8 Å². The molecule has 0 unspecified atom stereocenters. The van der Waals surface area contributed by atoms with E-state index in [4.69, 9.17) is 17.3 Å². The van der Waals surface area contributed by atoms with Gasteiger partial charge < -0.3 is 15.8 Å². The number of rotatable bonds is 4. The van der Waals surface area contributed by atoms with E-state index in [1.165, 1.54) is 19.2 Å². The Bertz CT molecular complexity index is 527. The molecule has 19 heavy (non-hydrogen) atoms. The lowest BCUT2D eigenvalue weighted by atomic mass is 10.1. The van der Waals surface area contributed by atoms with E-state index in [1.54, 1.807) is 6.07 Å². The highest BCUT2D eigenvalue weighted by molar-refractivity contribution is 6.31. The summed E-state index contributed by atoms with van der Waals surface area (Å²) in [6, 6.07) is 4.61. The summed E-state index contributed by atoms with van der Waals surface area (Å²) in [6.45, 7) is 0.299. The number of benzene rings is 1. The summed E-state index contributed by atoms with van der Waals surface area (Å²) in [7, 11) is 1.28. The molecule has 3 N–H and O–H groups in total. The van der Waals surface area contributed by atoms with Crippen molar-refractivity contribution in [3.05, 3.63) is 28.8 Å². The summed E-state index contributed by atoms with van der Waals surface area (Å²) in [5, 5.41) is 3.15. The predicted octanol–water partition coefficient (Wildman–Crippen LogP) is 1.80. The maximum Gasteiger partial charge on any atom is 0.339 e. The van der Waals surface area contributed by atoms with Crippen molar-refractivity contribution in [2.45, 2.75) is 12.8 Å². The first-order valence-corrected chi connectivity index (χ1v) is 6.29. The molecule has 1 aromatic carbocycles. The van der Waals surface area contributed by atoms with Gasteiger partial charge in [-0.25, -0.2) is 4.79 Å². The Kier molecular flexibility index (Phi) is 3.78. The van der Waals surface area contributed by atoms with Gasteiger partial charge in [-0.1, -0.05) is 11.6 Å². The number of ether oxygens (including phenoxy) is 1. The van der Waals surface area contributed by atoms with Crippen molar-refractivity contribution in [3.8, 4) is 0 Å². The van der Waals surface area contributed by atoms with Crippen LogP contribution in [0, 0.1) is 5.41 Å². The Morgan fingerprint density at radius 3 is 2.68 bits per heavy atom. The average molecular weight is 283 g/mol. The SMILES string of the molecule is COC(=O)c1ccc(Cl)cc1NC(=O)C1(CN)CC1. The Hall–Kier alpha value is -1.59. The van der Waals surface area contributed by atoms with Crippen LogP contribution in [0.1, 0.15) is 23.2 Å². The molecular weight excluding hydrogens is 268 g/mol. The lowest BCUT2D eigenvalue weighted by Gasteiger charge is -2.15. The van der Waals surface area contributed by atoms with Crippen molar-refractivity contribution in [2.75, 3.05) is 19.0 Å². The fourth-order valence-corrected chi connectivity index (χ4v) is 2.01. The number of carbonyl (C=O) groups is 2. The van der Waals surface area contributed by atoms with Crippen molar-refractivity contribution in [1.82, 2.24) is 0 Å². The van der Waals surface area contributed by atoms with Crippen LogP contribution in [0.25, 0.3) is 0 Å². The second-order valence-electron chi connectivity index (χ2n) is 4.62. The van der Waals surface area contributed by atoms with Gasteiger partial charge in [0.1, 0.15) is 0 Å². The topological polar surface area (TPSA) is 81.4 Å². The van der Waals surface area contributed by atoms with Crippen LogP contribution in [0.15, 0.2) is 18.2 Å². The second kappa shape index (κ2) is 5.19. The van der Waals surface area contributed by atoms with E-state index in [0.29, 0.717) is 17.3 Å². The number of carbonyl (C=O) groups excluding carboxylic acids is 2. The third-order valence-corrected chi connectivity index (χ3v) is 3.60. The highest BCUT2D eigenvalue weighted by Crippen LogP contribution is 2.45. The third kappa shape index (κ3) is 2.72. The van der Waals surface area contributed by atoms with E-state index in [2.05, 4.69) is 10.1 Å². The van der Waals surface area contributed by atoms with Crippen molar-refractivity contribution in [1.29, 1.82) is 0 Å². The summed E-state index contributed by atoms with van der Waals surface area (Å²) in [5.41, 5.74) is 5.73. The monoisotopic (exact) mass is 282 g/mol. The number of hydrogen-bond donors (Lipinski definition) is 2. The summed E-state index contributed by atoms with van der Waals surface area (Å²) < 4.78 is 4.67. The van der Waals surface area contributed by atoms with Gasteiger partial charge in [0, 0.05) is 11.6 Å². The highest BCUT2D eigenvalue weighted by atomic mass is 35.5. The Morgan fingerprint density at radius 1 is 1.47 bits per heavy atom. The van der Waals surface area contributed by atoms with Gasteiger partial charge in [0.15, 0.2) is 0 Å². The summed E-state index contributed by atoms with van der Waals surface area (Å²) >= 11 is 5.88. The molecule has 5 nitrogen and oxygen atoms in total. The molecule has 0 saturated heterocycles. The molecule has 2 rings (SSSR count). The van der Waals surface area contributed by atoms with Crippen LogP contribution in [0.5, 0.6) is 0 Å². The van der Waals surface area contributed by atoms with E-state index < -0.39 is 11.4 Å². The number of amides is 1. The predicted molar refractivity (Wildman–Crippen MR) is 72.1 cm³/mol. The number of nitrogens with two attached hydrogens (primary N) is 1. The van der Waals surface area contributed by atoms with E-state index >= 15 is 0 Å². The highest BCUT2D eigenvalue weighted by Gasteiger charge is 2.48. The zero-order valence-electron chi connectivity index (χ0n) is 10.5. The van der Waals surface area contributed by atoms with Gasteiger partial charge in [0.25, 0.3) is 0 Å². The Morgan fingerprint density at radius 2 is 2.16 bits per heavy atom. The third-order valence-electron chi connectivity index (χ3n) is 3.36. The van der Waals surface area contributed by atoms with E-state index in [1.807, 2.05) is 0 Å². The first-order valence-electron chi connectivity index (χ1n) is 5.92. The molecule has 0 heterocycles. The molecule has 0 radical (unpaired) electrons. The molecule has 1 aliphatic carbocycles. The lowest BCUT2D eigenvalue weighted by molar-refractivity contribution is -0.120. The number of esters is 1. The normalized spacial score (nSPS) is 15.7. The van der Waals surface area contributed by atoms with Gasteiger partial charge in [-0.05, 0) is 31.0 Å². The minimum atomic E-state index is -0.524. The molecule has 0 atom stereocenters. The first-order chi connectivity index (χ1) is 9.02. The molecular formula is C13H15ClN2O3. The number of anilines is 1. The smallest absolute Gasteiger partial charge is 0.339 e. The standard InChI is InChI=1S/C13H15ClN2O3/c1-19-11(17)9-3-2-8(14)6-10(9)16-12(18)13(7-15)4-5-13/h2-3,6H,4-5,7,15H2,1H3,(H,16,18). The van der Waals surface area contributed by atoms with Crippen LogP contribution in [0.4, 0.5) is 5.69 Å². The maximum absolute atomic E-state index is 12.1. The molecule has 1 aliphatic rings. The number of halogens is 1. The molecule has 1 fully saturated rings. The van der Waals surface area contributed by atoms with Gasteiger partial charge >= 0.3 is 5.97 Å². The van der Waals surface area contributed by atoms with Gasteiger partial charge in [-0.2, -0.15) is 0 Å². The lowest BCUT2D eigenvalue weighted by Crippen LogP contribution is -2.31. The summed E-state index contributed by atoms with van der Waals surface area (Å²) in [5.74, 6) is -0.702. The zero-order chi connectivity index (χ0) is 14.0. The quantitative estimate of drug-likeness (QED) is 0.825. The molecule has 0 spiro atoms. The van der Waals surface area contributed by atoms with Gasteiger partial charge in [0.2, 0.25) is 5.91 Å². The molecule has 1 saturated carbocycles. The molecule has 102 valence electrons. The van der Waals surface area contributed by atoms with Crippen LogP contribution < -0.4 is 11.1 Å². The number of methoxy groups -OCH3 is 1. The van der Waals surface area contributed by atoms with Crippen molar-refractivity contribution < 1.29 is 14.3 Å². The van der Waals surface area contributed by atoms with Gasteiger partial charge in [-0.3, -0.25) is 4.79 Å². The molecule has 0 bridgehead atoms. The van der Waals surface area contributed by atoms with E-state index in [-0.39, 0.29) is 11.5 Å². The number of nitrogens with one attached hydrogen (secondary N) is 1. The van der Waals surface area contributed by atoms with Crippen molar-refractivity contribution in [2.24, 2.45) is 11.1 Å². The minimum absolute atomic E-state index is 0.178. The summed E-state index contributed by atoms with van der Waals surface area (Å²) in [4.78, 5) is 23.7. The molecule has 6 heteroatoms. The Labute approximate surface area is 116 Å². The van der Waals surface area contributed by atoms with Gasteiger partial charge in [0.05, 0.1) is 23.8 Å². The van der Waals surface area contributed by atoms with E-state index in [9.17, 15) is 9.59 Å². The van der Waals surface area contributed by atoms with Crippen LogP contribution in [-0.2, 0) is 9.53 Å². The van der Waals surface area contributed by atoms with Crippen LogP contribution >= 0.6 is 11.6 Å². The summed E-state index contributed by atoms with van der Waals surface area (Å²) in [6.07, 6.45) is 1.53. The largest absolute Gasteiger partial charge is 0.465 e. The first kappa shape index (κ1) is 13.8. The van der Waals surface area contributed by atoms with Crippen LogP contribution in [-0.4, -0.2) is 25.5 Å². The fourth-order valence-electron chi connectivity index (χ4n) is 1.84. The Balaban J connectivity index is 2.26. The molecule has 1 amide bonds. The average Bonchev–Trinajstić information content (AvgIpc) is 3.19. The van der Waals surface area contributed by atoms with Crippen molar-refractivity contribution >= 4 is 29.2 Å². The fraction of sp³-hybridized carbons (Fsp3) is 0.385. The van der Waals surface area contributed by atoms with Gasteiger partial charge in [-0.15, -0.1) is 0 Å².